The molecule has 0 aliphatic carbocycles. The molecular formula is C12H28N4O. The lowest BCUT2D eigenvalue weighted by Crippen LogP contribution is -2.52. The summed E-state index contributed by atoms with van der Waals surface area (Å²) in [6.07, 6.45) is 2.78. The van der Waals surface area contributed by atoms with Crippen LogP contribution in [-0.2, 0) is 4.79 Å². The van der Waals surface area contributed by atoms with E-state index in [0.29, 0.717) is 12.5 Å². The van der Waals surface area contributed by atoms with Crippen molar-refractivity contribution < 1.29 is 4.79 Å². The summed E-state index contributed by atoms with van der Waals surface area (Å²) in [7, 11) is 3.57. The average molecular weight is 244 g/mol. The minimum Gasteiger partial charge on any atom is -0.358 e. The minimum absolute atomic E-state index is 0.0301. The second-order valence-corrected chi connectivity index (χ2v) is 4.74. The van der Waals surface area contributed by atoms with Gasteiger partial charge in [-0.25, -0.2) is 0 Å². The largest absolute Gasteiger partial charge is 0.358 e. The van der Waals surface area contributed by atoms with Crippen molar-refractivity contribution in [1.29, 1.82) is 0 Å². The summed E-state index contributed by atoms with van der Waals surface area (Å²) in [5, 5.41) is 9.23. The van der Waals surface area contributed by atoms with Crippen molar-refractivity contribution in [1.82, 2.24) is 16.0 Å². The Morgan fingerprint density at radius 3 is 2.35 bits per heavy atom. The summed E-state index contributed by atoms with van der Waals surface area (Å²) < 4.78 is 0. The third-order valence-corrected chi connectivity index (χ3v) is 2.72. The first kappa shape index (κ1) is 16.4. The third kappa shape index (κ3) is 7.31. The second-order valence-electron chi connectivity index (χ2n) is 4.74. The SMILES string of the molecule is CNC(=O)[C@H](CCCN)NC(CC(C)C)NC. The molecule has 0 radical (unpaired) electrons. The molecule has 0 bridgehead atoms. The molecule has 0 aromatic rings. The maximum atomic E-state index is 11.7. The van der Waals surface area contributed by atoms with Crippen LogP contribution in [0.25, 0.3) is 0 Å². The zero-order valence-corrected chi connectivity index (χ0v) is 11.5. The molecule has 2 atom stereocenters. The van der Waals surface area contributed by atoms with Crippen molar-refractivity contribution in [2.75, 3.05) is 20.6 Å². The number of amides is 1. The molecule has 0 saturated heterocycles. The van der Waals surface area contributed by atoms with Crippen LogP contribution in [0, 0.1) is 5.92 Å². The highest BCUT2D eigenvalue weighted by Crippen LogP contribution is 2.05. The molecule has 0 heterocycles. The smallest absolute Gasteiger partial charge is 0.236 e. The van der Waals surface area contributed by atoms with E-state index in [4.69, 9.17) is 5.73 Å². The van der Waals surface area contributed by atoms with Gasteiger partial charge in [-0.1, -0.05) is 13.8 Å². The summed E-state index contributed by atoms with van der Waals surface area (Å²) in [4.78, 5) is 11.7. The van der Waals surface area contributed by atoms with Crippen LogP contribution in [0.4, 0.5) is 0 Å². The summed E-state index contributed by atoms with van der Waals surface area (Å²) in [5.41, 5.74) is 5.49. The van der Waals surface area contributed by atoms with Crippen molar-refractivity contribution in [2.45, 2.75) is 45.3 Å². The number of nitrogens with one attached hydrogen (secondary N) is 3. The highest BCUT2D eigenvalue weighted by atomic mass is 16.2. The fraction of sp³-hybridized carbons (Fsp3) is 0.917. The van der Waals surface area contributed by atoms with E-state index in [1.807, 2.05) is 7.05 Å². The molecule has 0 saturated carbocycles. The molecule has 0 rings (SSSR count). The average Bonchev–Trinajstić information content (AvgIpc) is 2.31. The Balaban J connectivity index is 4.31. The van der Waals surface area contributed by atoms with E-state index in [-0.39, 0.29) is 18.1 Å². The standard InChI is InChI=1S/C12H28N4O/c1-9(2)8-11(14-3)16-10(6-5-7-13)12(17)15-4/h9-11,14,16H,5-8,13H2,1-4H3,(H,15,17)/t10-,11?/m0/s1. The van der Waals surface area contributed by atoms with E-state index in [9.17, 15) is 4.79 Å². The maximum Gasteiger partial charge on any atom is 0.236 e. The van der Waals surface area contributed by atoms with Gasteiger partial charge in [0.15, 0.2) is 0 Å². The molecule has 17 heavy (non-hydrogen) atoms. The molecule has 0 aliphatic heterocycles. The van der Waals surface area contributed by atoms with Crippen molar-refractivity contribution in [3.05, 3.63) is 0 Å². The number of rotatable bonds is 9. The number of nitrogens with two attached hydrogens (primary N) is 1. The Bertz CT molecular complexity index is 209. The normalized spacial score (nSPS) is 14.7. The maximum absolute atomic E-state index is 11.7. The number of hydrogen-bond acceptors (Lipinski definition) is 4. The van der Waals surface area contributed by atoms with Gasteiger partial charge in [-0.15, -0.1) is 0 Å². The summed E-state index contributed by atoms with van der Waals surface area (Å²) in [6.45, 7) is 4.95. The lowest BCUT2D eigenvalue weighted by molar-refractivity contribution is -0.123. The quantitative estimate of drug-likeness (QED) is 0.431. The van der Waals surface area contributed by atoms with Gasteiger partial charge in [-0.05, 0) is 38.8 Å². The van der Waals surface area contributed by atoms with Crippen LogP contribution in [-0.4, -0.2) is 38.8 Å². The van der Waals surface area contributed by atoms with Crippen LogP contribution >= 0.6 is 0 Å². The topological polar surface area (TPSA) is 79.2 Å². The van der Waals surface area contributed by atoms with Crippen molar-refractivity contribution in [2.24, 2.45) is 11.7 Å². The van der Waals surface area contributed by atoms with E-state index < -0.39 is 0 Å². The van der Waals surface area contributed by atoms with Gasteiger partial charge in [0.25, 0.3) is 0 Å². The molecule has 102 valence electrons. The Morgan fingerprint density at radius 1 is 1.29 bits per heavy atom. The Labute approximate surface area is 105 Å². The van der Waals surface area contributed by atoms with E-state index in [2.05, 4.69) is 29.8 Å². The van der Waals surface area contributed by atoms with E-state index >= 15 is 0 Å². The van der Waals surface area contributed by atoms with Crippen LogP contribution in [0.15, 0.2) is 0 Å². The van der Waals surface area contributed by atoms with Crippen LogP contribution in [0.2, 0.25) is 0 Å². The molecule has 0 aliphatic rings. The second kappa shape index (κ2) is 9.39. The lowest BCUT2D eigenvalue weighted by Gasteiger charge is -2.25. The van der Waals surface area contributed by atoms with Gasteiger partial charge in [0.2, 0.25) is 5.91 Å². The van der Waals surface area contributed by atoms with Crippen LogP contribution in [0.5, 0.6) is 0 Å². The van der Waals surface area contributed by atoms with Gasteiger partial charge in [0.05, 0.1) is 12.2 Å². The molecule has 0 aromatic carbocycles. The molecule has 5 nitrogen and oxygen atoms in total. The molecular weight excluding hydrogens is 216 g/mol. The lowest BCUT2D eigenvalue weighted by atomic mass is 10.1. The molecule has 1 amide bonds. The van der Waals surface area contributed by atoms with Gasteiger partial charge < -0.3 is 16.4 Å². The first-order chi connectivity index (χ1) is 8.04. The van der Waals surface area contributed by atoms with Crippen molar-refractivity contribution >= 4 is 5.91 Å². The summed E-state index contributed by atoms with van der Waals surface area (Å²) >= 11 is 0. The predicted molar refractivity (Wildman–Crippen MR) is 71.6 cm³/mol. The van der Waals surface area contributed by atoms with Gasteiger partial charge in [0.1, 0.15) is 0 Å². The monoisotopic (exact) mass is 244 g/mol. The summed E-state index contributed by atoms with van der Waals surface area (Å²) in [5.74, 6) is 0.613. The van der Waals surface area contributed by atoms with Crippen molar-refractivity contribution in [3.63, 3.8) is 0 Å². The van der Waals surface area contributed by atoms with Gasteiger partial charge in [-0.2, -0.15) is 0 Å². The first-order valence-electron chi connectivity index (χ1n) is 6.40. The van der Waals surface area contributed by atoms with Crippen molar-refractivity contribution in [3.8, 4) is 0 Å². The van der Waals surface area contributed by atoms with E-state index in [1.54, 1.807) is 7.05 Å². The first-order valence-corrected chi connectivity index (χ1v) is 6.40. The third-order valence-electron chi connectivity index (χ3n) is 2.72. The summed E-state index contributed by atoms with van der Waals surface area (Å²) in [6, 6.07) is -0.167. The van der Waals surface area contributed by atoms with Crippen LogP contribution in [0.1, 0.15) is 33.1 Å². The molecule has 0 spiro atoms. The molecule has 5 N–H and O–H groups in total. The predicted octanol–water partition coefficient (Wildman–Crippen LogP) is 0.0211. The Hall–Kier alpha value is -0.650. The van der Waals surface area contributed by atoms with Gasteiger partial charge >= 0.3 is 0 Å². The fourth-order valence-electron chi connectivity index (χ4n) is 1.77. The van der Waals surface area contributed by atoms with E-state index in [0.717, 1.165) is 19.3 Å². The molecule has 0 aromatic heterocycles. The van der Waals surface area contributed by atoms with Crippen LogP contribution < -0.4 is 21.7 Å². The van der Waals surface area contributed by atoms with Crippen LogP contribution in [0.3, 0.4) is 0 Å². The molecule has 1 unspecified atom stereocenters. The zero-order valence-electron chi connectivity index (χ0n) is 11.5. The van der Waals surface area contributed by atoms with E-state index in [1.165, 1.54) is 0 Å². The number of carbonyl (C=O) groups excluding carboxylic acids is 1. The number of likely N-dealkylation sites (N-methyl/N-ethyl adjacent to an activating group) is 1. The Morgan fingerprint density at radius 2 is 1.94 bits per heavy atom. The Kier molecular flexibility index (Phi) is 9.03. The highest BCUT2D eigenvalue weighted by Gasteiger charge is 2.20. The fourth-order valence-corrected chi connectivity index (χ4v) is 1.77. The minimum atomic E-state index is -0.167. The highest BCUT2D eigenvalue weighted by molar-refractivity contribution is 5.81. The van der Waals surface area contributed by atoms with Gasteiger partial charge in [-0.3, -0.25) is 10.1 Å². The number of carbonyl (C=O) groups is 1. The molecule has 5 heteroatoms. The molecule has 0 fully saturated rings. The number of hydrogen-bond donors (Lipinski definition) is 4. The van der Waals surface area contributed by atoms with Gasteiger partial charge in [0, 0.05) is 7.05 Å². The zero-order chi connectivity index (χ0) is 13.3.